The van der Waals surface area contributed by atoms with Crippen molar-refractivity contribution in [2.75, 3.05) is 6.54 Å². The number of nitro benzene ring substituents is 1. The number of nitrogens with zero attached hydrogens (tertiary/aromatic N) is 2. The van der Waals surface area contributed by atoms with Crippen molar-refractivity contribution in [3.05, 3.63) is 67.4 Å². The fraction of sp³-hybridized carbons (Fsp3) is 0.300. The molecule has 0 spiro atoms. The second kappa shape index (κ2) is 7.93. The van der Waals surface area contributed by atoms with Crippen LogP contribution in [0.4, 0.5) is 5.69 Å². The molecule has 146 valence electrons. The van der Waals surface area contributed by atoms with Crippen LogP contribution in [0.5, 0.6) is 0 Å². The molecule has 1 aromatic carbocycles. The van der Waals surface area contributed by atoms with Gasteiger partial charge in [0.1, 0.15) is 5.76 Å². The van der Waals surface area contributed by atoms with Crippen molar-refractivity contribution in [1.29, 1.82) is 0 Å². The molecule has 2 heterocycles. The van der Waals surface area contributed by atoms with Gasteiger partial charge in [0, 0.05) is 29.1 Å². The first-order valence-electron chi connectivity index (χ1n) is 8.94. The lowest BCUT2D eigenvalue weighted by Gasteiger charge is -2.24. The number of aryl methyl sites for hydroxylation is 1. The molecule has 1 aliphatic heterocycles. The first kappa shape index (κ1) is 19.8. The third kappa shape index (κ3) is 3.43. The van der Waals surface area contributed by atoms with Gasteiger partial charge in [0.25, 0.3) is 17.4 Å². The molecule has 1 N–H and O–H groups in total. The summed E-state index contributed by atoms with van der Waals surface area (Å²) in [5.74, 6) is -1.68. The standard InChI is InChI=1S/C20H20N2O5S/c1-3-4-10-21-16(19-12(2)9-11-28-19)15(18(24)20(21)25)17(23)13-5-7-14(8-6-13)22(26)27/h5-9,11,16,23H,3-4,10H2,1-2H3/b17-15-. The number of aliphatic hydroxyl groups excluding tert-OH is 1. The van der Waals surface area contributed by atoms with E-state index in [1.807, 2.05) is 25.3 Å². The fourth-order valence-electron chi connectivity index (χ4n) is 3.27. The van der Waals surface area contributed by atoms with Gasteiger partial charge in [-0.15, -0.1) is 11.3 Å². The number of carbonyl (C=O) groups is 2. The molecular weight excluding hydrogens is 380 g/mol. The normalized spacial score (nSPS) is 18.6. The molecule has 1 unspecified atom stereocenters. The molecule has 1 aliphatic rings. The number of ketones is 1. The molecule has 1 saturated heterocycles. The number of Topliss-reactive ketones (excluding diaryl/α,β-unsaturated/α-hetero) is 1. The van der Waals surface area contributed by atoms with Crippen molar-refractivity contribution in [2.24, 2.45) is 0 Å². The van der Waals surface area contributed by atoms with E-state index in [1.165, 1.54) is 40.5 Å². The number of hydrogen-bond donors (Lipinski definition) is 1. The molecule has 0 saturated carbocycles. The van der Waals surface area contributed by atoms with E-state index in [4.69, 9.17) is 0 Å². The monoisotopic (exact) mass is 400 g/mol. The van der Waals surface area contributed by atoms with Crippen LogP contribution in [0.3, 0.4) is 0 Å². The van der Waals surface area contributed by atoms with E-state index in [0.29, 0.717) is 6.54 Å². The Labute approximate surface area is 166 Å². The SMILES string of the molecule is CCCCN1C(=O)C(=O)/C(=C(\O)c2ccc([N+](=O)[O-])cc2)C1c1sccc1C. The highest BCUT2D eigenvalue weighted by Crippen LogP contribution is 2.42. The summed E-state index contributed by atoms with van der Waals surface area (Å²) in [7, 11) is 0. The van der Waals surface area contributed by atoms with E-state index in [0.717, 1.165) is 23.3 Å². The Hall–Kier alpha value is -3.00. The summed E-state index contributed by atoms with van der Waals surface area (Å²) in [5.41, 5.74) is 1.11. The number of carbonyl (C=O) groups excluding carboxylic acids is 2. The Balaban J connectivity index is 2.13. The van der Waals surface area contributed by atoms with Gasteiger partial charge in [-0.05, 0) is 42.5 Å². The average molecular weight is 400 g/mol. The zero-order valence-corrected chi connectivity index (χ0v) is 16.4. The molecule has 7 nitrogen and oxygen atoms in total. The van der Waals surface area contributed by atoms with Gasteiger partial charge in [0.15, 0.2) is 0 Å². The number of nitro groups is 1. The molecule has 1 fully saturated rings. The molecule has 28 heavy (non-hydrogen) atoms. The second-order valence-corrected chi connectivity index (χ2v) is 7.57. The zero-order chi connectivity index (χ0) is 20.4. The summed E-state index contributed by atoms with van der Waals surface area (Å²) in [6.07, 6.45) is 1.60. The Morgan fingerprint density at radius 3 is 2.46 bits per heavy atom. The van der Waals surface area contributed by atoms with Crippen LogP contribution in [-0.2, 0) is 9.59 Å². The molecule has 1 amide bonds. The number of unbranched alkanes of at least 4 members (excludes halogenated alkanes) is 1. The van der Waals surface area contributed by atoms with Crippen LogP contribution in [0.25, 0.3) is 5.76 Å². The summed E-state index contributed by atoms with van der Waals surface area (Å²) < 4.78 is 0. The molecule has 1 atom stereocenters. The smallest absolute Gasteiger partial charge is 0.295 e. The highest BCUT2D eigenvalue weighted by atomic mass is 32.1. The molecular formula is C20H20N2O5S. The molecule has 8 heteroatoms. The number of amides is 1. The van der Waals surface area contributed by atoms with Crippen molar-refractivity contribution in [1.82, 2.24) is 4.90 Å². The third-order valence-electron chi connectivity index (χ3n) is 4.79. The van der Waals surface area contributed by atoms with E-state index in [1.54, 1.807) is 0 Å². The van der Waals surface area contributed by atoms with E-state index in [9.17, 15) is 24.8 Å². The lowest BCUT2D eigenvalue weighted by Crippen LogP contribution is -2.30. The van der Waals surface area contributed by atoms with Gasteiger partial charge in [0.2, 0.25) is 0 Å². The highest BCUT2D eigenvalue weighted by molar-refractivity contribution is 7.10. The van der Waals surface area contributed by atoms with E-state index in [-0.39, 0.29) is 22.6 Å². The van der Waals surface area contributed by atoms with Gasteiger partial charge in [-0.3, -0.25) is 19.7 Å². The van der Waals surface area contributed by atoms with E-state index < -0.39 is 22.7 Å². The zero-order valence-electron chi connectivity index (χ0n) is 15.5. The van der Waals surface area contributed by atoms with Crippen molar-refractivity contribution in [3.8, 4) is 0 Å². The minimum Gasteiger partial charge on any atom is -0.507 e. The lowest BCUT2D eigenvalue weighted by molar-refractivity contribution is -0.384. The second-order valence-electron chi connectivity index (χ2n) is 6.62. The maximum atomic E-state index is 12.8. The van der Waals surface area contributed by atoms with Gasteiger partial charge in [-0.1, -0.05) is 13.3 Å². The number of thiophene rings is 1. The summed E-state index contributed by atoms with van der Waals surface area (Å²) in [6, 6.07) is 6.53. The number of benzene rings is 1. The third-order valence-corrected chi connectivity index (χ3v) is 5.87. The highest BCUT2D eigenvalue weighted by Gasteiger charge is 2.46. The first-order chi connectivity index (χ1) is 13.4. The molecule has 0 bridgehead atoms. The van der Waals surface area contributed by atoms with Crippen molar-refractivity contribution >= 4 is 34.5 Å². The Kier molecular flexibility index (Phi) is 5.60. The van der Waals surface area contributed by atoms with E-state index >= 15 is 0 Å². The quantitative estimate of drug-likeness (QED) is 0.258. The maximum Gasteiger partial charge on any atom is 0.295 e. The average Bonchev–Trinajstić information content (AvgIpc) is 3.21. The predicted octanol–water partition coefficient (Wildman–Crippen LogP) is 4.19. The van der Waals surface area contributed by atoms with Crippen LogP contribution in [-0.4, -0.2) is 33.2 Å². The van der Waals surface area contributed by atoms with Crippen molar-refractivity contribution < 1.29 is 19.6 Å². The molecule has 1 aromatic heterocycles. The first-order valence-corrected chi connectivity index (χ1v) is 9.82. The Bertz CT molecular complexity index is 961. The minimum atomic E-state index is -0.732. The molecule has 3 rings (SSSR count). The molecule has 0 radical (unpaired) electrons. The summed E-state index contributed by atoms with van der Waals surface area (Å²) >= 11 is 1.43. The van der Waals surface area contributed by atoms with Gasteiger partial charge in [-0.25, -0.2) is 0 Å². The number of hydrogen-bond acceptors (Lipinski definition) is 6. The maximum absolute atomic E-state index is 12.8. The number of non-ortho nitro benzene ring substituents is 1. The van der Waals surface area contributed by atoms with Crippen molar-refractivity contribution in [3.63, 3.8) is 0 Å². The van der Waals surface area contributed by atoms with Crippen LogP contribution < -0.4 is 0 Å². The molecule has 2 aromatic rings. The summed E-state index contributed by atoms with van der Waals surface area (Å²) in [5, 5.41) is 23.6. The van der Waals surface area contributed by atoms with Crippen LogP contribution in [0.1, 0.15) is 41.8 Å². The molecule has 0 aliphatic carbocycles. The van der Waals surface area contributed by atoms with E-state index in [2.05, 4.69) is 0 Å². The fourth-order valence-corrected chi connectivity index (χ4v) is 4.32. The number of rotatable bonds is 6. The van der Waals surface area contributed by atoms with Crippen LogP contribution >= 0.6 is 11.3 Å². The van der Waals surface area contributed by atoms with Gasteiger partial charge >= 0.3 is 0 Å². The van der Waals surface area contributed by atoms with Gasteiger partial charge < -0.3 is 10.0 Å². The van der Waals surface area contributed by atoms with Crippen LogP contribution in [0.15, 0.2) is 41.3 Å². The van der Waals surface area contributed by atoms with Gasteiger partial charge in [-0.2, -0.15) is 0 Å². The number of aliphatic hydroxyl groups is 1. The van der Waals surface area contributed by atoms with Crippen LogP contribution in [0, 0.1) is 17.0 Å². The number of likely N-dealkylation sites (tertiary alicyclic amines) is 1. The van der Waals surface area contributed by atoms with Crippen LogP contribution in [0.2, 0.25) is 0 Å². The lowest BCUT2D eigenvalue weighted by atomic mass is 9.98. The predicted molar refractivity (Wildman–Crippen MR) is 106 cm³/mol. The topological polar surface area (TPSA) is 101 Å². The van der Waals surface area contributed by atoms with Gasteiger partial charge in [0.05, 0.1) is 16.5 Å². The minimum absolute atomic E-state index is 0.0282. The summed E-state index contributed by atoms with van der Waals surface area (Å²) in [4.78, 5) is 38.1. The Morgan fingerprint density at radius 2 is 1.93 bits per heavy atom. The summed E-state index contributed by atoms with van der Waals surface area (Å²) in [6.45, 7) is 4.32. The largest absolute Gasteiger partial charge is 0.507 e. The Morgan fingerprint density at radius 1 is 1.25 bits per heavy atom. The van der Waals surface area contributed by atoms with Crippen molar-refractivity contribution in [2.45, 2.75) is 32.7 Å².